The van der Waals surface area contributed by atoms with Crippen molar-refractivity contribution in [3.63, 3.8) is 0 Å². The Bertz CT molecular complexity index is 945. The summed E-state index contributed by atoms with van der Waals surface area (Å²) in [6, 6.07) is 13.5. The Hall–Kier alpha value is -2.17. The lowest BCUT2D eigenvalue weighted by Crippen LogP contribution is -2.02. The first-order chi connectivity index (χ1) is 12.7. The quantitative estimate of drug-likeness (QED) is 0.541. The third kappa shape index (κ3) is 3.53. The Kier molecular flexibility index (Phi) is 5.05. The van der Waals surface area contributed by atoms with Crippen molar-refractivity contribution in [1.82, 2.24) is 14.8 Å². The van der Waals surface area contributed by atoms with Gasteiger partial charge in [0.1, 0.15) is 5.82 Å². The van der Waals surface area contributed by atoms with Crippen LogP contribution in [0.25, 0.3) is 11.4 Å². The molecule has 0 aliphatic carbocycles. The van der Waals surface area contributed by atoms with Gasteiger partial charge in [0, 0.05) is 30.3 Å². The van der Waals surface area contributed by atoms with E-state index < -0.39 is 0 Å². The minimum absolute atomic E-state index is 0.515. The van der Waals surface area contributed by atoms with Gasteiger partial charge in [-0.1, -0.05) is 41.8 Å². The van der Waals surface area contributed by atoms with Gasteiger partial charge in [0.15, 0.2) is 5.82 Å². The maximum atomic E-state index is 6.19. The largest absolute Gasteiger partial charge is 0.311 e. The Balaban J connectivity index is 1.57. The number of aryl methyl sites for hydroxylation is 1. The highest BCUT2D eigenvalue weighted by atomic mass is 35.5. The molecule has 0 amide bonds. The van der Waals surface area contributed by atoms with Gasteiger partial charge in [-0.05, 0) is 43.2 Å². The summed E-state index contributed by atoms with van der Waals surface area (Å²) >= 11 is 12.2. The molecule has 0 unspecified atom stereocenters. The highest BCUT2D eigenvalue weighted by molar-refractivity contribution is 6.43. The number of rotatable bonds is 3. The van der Waals surface area contributed by atoms with Crippen molar-refractivity contribution in [3.05, 3.63) is 63.9 Å². The molecule has 4 nitrogen and oxygen atoms in total. The van der Waals surface area contributed by atoms with Crippen LogP contribution in [0.5, 0.6) is 0 Å². The Morgan fingerprint density at radius 2 is 1.81 bits per heavy atom. The van der Waals surface area contributed by atoms with E-state index in [1.165, 1.54) is 19.3 Å². The molecule has 0 fully saturated rings. The van der Waals surface area contributed by atoms with Gasteiger partial charge in [0.2, 0.25) is 0 Å². The zero-order chi connectivity index (χ0) is 17.9. The fourth-order valence-electron chi connectivity index (χ4n) is 3.16. The van der Waals surface area contributed by atoms with E-state index >= 15 is 0 Å². The van der Waals surface area contributed by atoms with Crippen LogP contribution in [-0.4, -0.2) is 21.0 Å². The number of aromatic nitrogens is 3. The van der Waals surface area contributed by atoms with Crippen LogP contribution >= 0.6 is 23.2 Å². The topological polar surface area (TPSA) is 43.1 Å². The number of hydrogen-bond donors (Lipinski definition) is 0. The summed E-state index contributed by atoms with van der Waals surface area (Å²) in [4.78, 5) is 4.49. The van der Waals surface area contributed by atoms with Crippen LogP contribution in [0.2, 0.25) is 10.0 Å². The zero-order valence-electron chi connectivity index (χ0n) is 14.2. The average molecular weight is 385 g/mol. The number of hydrogen-bond acceptors (Lipinski definition) is 3. The third-order valence-electron chi connectivity index (χ3n) is 4.57. The van der Waals surface area contributed by atoms with Crippen LogP contribution in [0.1, 0.15) is 30.7 Å². The van der Waals surface area contributed by atoms with Crippen molar-refractivity contribution in [2.45, 2.75) is 32.2 Å². The predicted molar refractivity (Wildman–Crippen MR) is 107 cm³/mol. The summed E-state index contributed by atoms with van der Waals surface area (Å²) < 4.78 is 2.25. The standard InChI is InChI=1S/C20H18Cl2N4/c21-17-6-4-5-15(19(17)22)13-23-16-10-8-14(9-11-16)20-25-24-18-7-2-1-3-12-26(18)20/h4-6,8-11,13H,1-3,7,12H2. The molecule has 1 aliphatic heterocycles. The molecule has 132 valence electrons. The van der Waals surface area contributed by atoms with Crippen molar-refractivity contribution < 1.29 is 0 Å². The van der Waals surface area contributed by atoms with Crippen LogP contribution in [0.15, 0.2) is 47.5 Å². The molecule has 4 rings (SSSR count). The number of halogens is 2. The van der Waals surface area contributed by atoms with Gasteiger partial charge in [0.05, 0.1) is 15.7 Å². The van der Waals surface area contributed by atoms with Crippen LogP contribution in [-0.2, 0) is 13.0 Å². The number of benzene rings is 2. The average Bonchev–Trinajstić information content (AvgIpc) is 2.91. The summed E-state index contributed by atoms with van der Waals surface area (Å²) in [6.45, 7) is 0.991. The van der Waals surface area contributed by atoms with Crippen LogP contribution < -0.4 is 0 Å². The van der Waals surface area contributed by atoms with Crippen molar-refractivity contribution in [2.75, 3.05) is 0 Å². The molecule has 6 heteroatoms. The number of aliphatic imine (C=N–C) groups is 1. The molecule has 0 saturated heterocycles. The summed E-state index contributed by atoms with van der Waals surface area (Å²) in [5.41, 5.74) is 2.71. The number of fused-ring (bicyclic) bond motifs is 1. The molecule has 1 aromatic heterocycles. The van der Waals surface area contributed by atoms with E-state index in [1.54, 1.807) is 12.3 Å². The molecule has 0 bridgehead atoms. The molecular formula is C20H18Cl2N4. The van der Waals surface area contributed by atoms with Gasteiger partial charge in [0.25, 0.3) is 0 Å². The maximum Gasteiger partial charge on any atom is 0.163 e. The zero-order valence-corrected chi connectivity index (χ0v) is 15.7. The van der Waals surface area contributed by atoms with Crippen molar-refractivity contribution in [2.24, 2.45) is 4.99 Å². The molecule has 3 aromatic rings. The summed E-state index contributed by atoms with van der Waals surface area (Å²) in [5.74, 6) is 2.03. The first kappa shape index (κ1) is 17.3. The predicted octanol–water partition coefficient (Wildman–Crippen LogP) is 5.73. The third-order valence-corrected chi connectivity index (χ3v) is 5.40. The summed E-state index contributed by atoms with van der Waals surface area (Å²) in [7, 11) is 0. The lowest BCUT2D eigenvalue weighted by molar-refractivity contribution is 0.636. The minimum Gasteiger partial charge on any atom is -0.311 e. The van der Waals surface area contributed by atoms with Gasteiger partial charge in [-0.3, -0.25) is 4.99 Å². The molecule has 26 heavy (non-hydrogen) atoms. The van der Waals surface area contributed by atoms with Gasteiger partial charge < -0.3 is 4.57 Å². The lowest BCUT2D eigenvalue weighted by Gasteiger charge is -2.07. The molecule has 1 aliphatic rings. The number of nitrogens with zero attached hydrogens (tertiary/aromatic N) is 4. The molecule has 0 saturated carbocycles. The lowest BCUT2D eigenvalue weighted by atomic mass is 10.2. The van der Waals surface area contributed by atoms with Crippen LogP contribution in [0.4, 0.5) is 5.69 Å². The van der Waals surface area contributed by atoms with Gasteiger partial charge >= 0.3 is 0 Å². The first-order valence-electron chi connectivity index (χ1n) is 8.73. The van der Waals surface area contributed by atoms with E-state index in [0.29, 0.717) is 10.0 Å². The van der Waals surface area contributed by atoms with E-state index in [2.05, 4.69) is 19.8 Å². The Morgan fingerprint density at radius 1 is 0.962 bits per heavy atom. The van der Waals surface area contributed by atoms with Crippen molar-refractivity contribution >= 4 is 35.1 Å². The second kappa shape index (κ2) is 7.60. The minimum atomic E-state index is 0.515. The highest BCUT2D eigenvalue weighted by Gasteiger charge is 2.15. The van der Waals surface area contributed by atoms with E-state index in [1.807, 2.05) is 36.4 Å². The fraction of sp³-hybridized carbons (Fsp3) is 0.250. The smallest absolute Gasteiger partial charge is 0.163 e. The normalized spacial score (nSPS) is 14.4. The van der Waals surface area contributed by atoms with Gasteiger partial charge in [-0.15, -0.1) is 10.2 Å². The van der Waals surface area contributed by atoms with Crippen LogP contribution in [0, 0.1) is 0 Å². The molecule has 0 radical (unpaired) electrons. The SMILES string of the molecule is Clc1cccc(C=Nc2ccc(-c3nnc4n3CCCCC4)cc2)c1Cl. The van der Waals surface area contributed by atoms with Gasteiger partial charge in [-0.2, -0.15) is 0 Å². The molecule has 2 aromatic carbocycles. The molecule has 2 heterocycles. The van der Waals surface area contributed by atoms with Gasteiger partial charge in [-0.25, -0.2) is 0 Å². The van der Waals surface area contributed by atoms with E-state index in [-0.39, 0.29) is 0 Å². The van der Waals surface area contributed by atoms with E-state index in [0.717, 1.165) is 41.4 Å². The Morgan fingerprint density at radius 3 is 2.65 bits per heavy atom. The molecule has 0 N–H and O–H groups in total. The Labute approximate surface area is 162 Å². The molecular weight excluding hydrogens is 367 g/mol. The van der Waals surface area contributed by atoms with Crippen molar-refractivity contribution in [1.29, 1.82) is 0 Å². The monoisotopic (exact) mass is 384 g/mol. The first-order valence-corrected chi connectivity index (χ1v) is 9.48. The second-order valence-corrected chi connectivity index (χ2v) is 7.14. The highest BCUT2D eigenvalue weighted by Crippen LogP contribution is 2.26. The van der Waals surface area contributed by atoms with Crippen molar-refractivity contribution in [3.8, 4) is 11.4 Å². The molecule has 0 spiro atoms. The second-order valence-electron chi connectivity index (χ2n) is 6.35. The summed E-state index contributed by atoms with van der Waals surface area (Å²) in [5, 5.41) is 9.80. The van der Waals surface area contributed by atoms with E-state index in [4.69, 9.17) is 23.2 Å². The maximum absolute atomic E-state index is 6.19. The van der Waals surface area contributed by atoms with Crippen LogP contribution in [0.3, 0.4) is 0 Å². The molecule has 0 atom stereocenters. The summed E-state index contributed by atoms with van der Waals surface area (Å²) in [6.07, 6.45) is 6.36. The fourth-order valence-corrected chi connectivity index (χ4v) is 3.52. The van der Waals surface area contributed by atoms with E-state index in [9.17, 15) is 0 Å².